The van der Waals surface area contributed by atoms with Crippen molar-refractivity contribution in [2.45, 2.75) is 44.7 Å². The fraction of sp³-hybridized carbons (Fsp3) is 0.786. The van der Waals surface area contributed by atoms with Crippen LogP contribution in [-0.2, 0) is 28.6 Å². The second-order valence-electron chi connectivity index (χ2n) is 5.21. The van der Waals surface area contributed by atoms with Crippen LogP contribution >= 0.6 is 0 Å². The number of ether oxygens (including phenoxy) is 3. The number of aldehydes is 2. The molecule has 1 rings (SSSR count). The number of hydrogen-bond acceptors (Lipinski definition) is 6. The highest BCUT2D eigenvalue weighted by molar-refractivity contribution is 5.81. The third kappa shape index (κ3) is 3.50. The lowest BCUT2D eigenvalue weighted by Gasteiger charge is -2.42. The zero-order valence-corrected chi connectivity index (χ0v) is 12.3. The van der Waals surface area contributed by atoms with Crippen LogP contribution in [0.4, 0.5) is 0 Å². The molecule has 0 aromatic carbocycles. The van der Waals surface area contributed by atoms with Crippen LogP contribution in [0.2, 0.25) is 0 Å². The average molecular weight is 286 g/mol. The Hall–Kier alpha value is -1.11. The van der Waals surface area contributed by atoms with Crippen LogP contribution in [0.3, 0.4) is 0 Å². The third-order valence-electron chi connectivity index (χ3n) is 3.66. The van der Waals surface area contributed by atoms with Gasteiger partial charge in [-0.2, -0.15) is 0 Å². The number of carbonyl (C=O) groups is 3. The summed E-state index contributed by atoms with van der Waals surface area (Å²) in [4.78, 5) is 34.1. The van der Waals surface area contributed by atoms with Gasteiger partial charge in [0.1, 0.15) is 30.6 Å². The zero-order chi connectivity index (χ0) is 15.3. The lowest BCUT2D eigenvalue weighted by molar-refractivity contribution is -0.207. The Morgan fingerprint density at radius 3 is 2.15 bits per heavy atom. The van der Waals surface area contributed by atoms with Gasteiger partial charge in [-0.15, -0.1) is 0 Å². The molecule has 0 aromatic rings. The van der Waals surface area contributed by atoms with Gasteiger partial charge >= 0.3 is 0 Å². The van der Waals surface area contributed by atoms with E-state index >= 15 is 0 Å². The predicted octanol–water partition coefficient (Wildman–Crippen LogP) is 0.413. The molecule has 0 saturated carbocycles. The largest absolute Gasteiger partial charge is 0.378 e. The van der Waals surface area contributed by atoms with E-state index in [1.165, 1.54) is 14.2 Å². The van der Waals surface area contributed by atoms with Crippen LogP contribution in [0.5, 0.6) is 0 Å². The molecule has 2 unspecified atom stereocenters. The summed E-state index contributed by atoms with van der Waals surface area (Å²) in [6.07, 6.45) is -1.32. The molecule has 6 nitrogen and oxygen atoms in total. The van der Waals surface area contributed by atoms with Gasteiger partial charge in [0.05, 0.1) is 18.1 Å². The van der Waals surface area contributed by atoms with Gasteiger partial charge in [0.2, 0.25) is 0 Å². The van der Waals surface area contributed by atoms with Crippen LogP contribution in [0.1, 0.15) is 20.3 Å². The van der Waals surface area contributed by atoms with E-state index in [-0.39, 0.29) is 18.1 Å². The highest BCUT2D eigenvalue weighted by Gasteiger charge is 2.47. The van der Waals surface area contributed by atoms with Crippen molar-refractivity contribution in [3.8, 4) is 0 Å². The van der Waals surface area contributed by atoms with Crippen molar-refractivity contribution in [1.82, 2.24) is 0 Å². The summed E-state index contributed by atoms with van der Waals surface area (Å²) in [5.41, 5.74) is 0. The summed E-state index contributed by atoms with van der Waals surface area (Å²) in [6.45, 7) is 3.60. The minimum absolute atomic E-state index is 0.0149. The van der Waals surface area contributed by atoms with Gasteiger partial charge in [-0.1, -0.05) is 13.8 Å². The van der Waals surface area contributed by atoms with Crippen LogP contribution in [0.15, 0.2) is 0 Å². The van der Waals surface area contributed by atoms with Crippen molar-refractivity contribution < 1.29 is 28.6 Å². The molecule has 0 aliphatic carbocycles. The average Bonchev–Trinajstić information content (AvgIpc) is 2.45. The van der Waals surface area contributed by atoms with E-state index in [0.29, 0.717) is 12.6 Å². The van der Waals surface area contributed by atoms with E-state index in [4.69, 9.17) is 14.2 Å². The van der Waals surface area contributed by atoms with E-state index in [2.05, 4.69) is 0 Å². The fourth-order valence-electron chi connectivity index (χ4n) is 2.44. The second-order valence-corrected chi connectivity index (χ2v) is 5.21. The SMILES string of the molecule is CO[C@H]1[C@H](C=O)C(C=O)OC(CC(=O)C(C)C)[C@@H]1OC. The van der Waals surface area contributed by atoms with Crippen LogP contribution in [-0.4, -0.2) is 57.0 Å². The molecule has 1 saturated heterocycles. The number of hydrogen-bond donors (Lipinski definition) is 0. The van der Waals surface area contributed by atoms with Crippen molar-refractivity contribution in [3.63, 3.8) is 0 Å². The summed E-state index contributed by atoms with van der Waals surface area (Å²) >= 11 is 0. The molecule has 6 heteroatoms. The van der Waals surface area contributed by atoms with E-state index in [0.717, 1.165) is 0 Å². The maximum atomic E-state index is 11.9. The maximum absolute atomic E-state index is 11.9. The molecule has 0 amide bonds. The molecule has 1 aliphatic heterocycles. The fourth-order valence-corrected chi connectivity index (χ4v) is 2.44. The number of Topliss-reactive ketones (excluding diaryl/α,β-unsaturated/α-hetero) is 1. The minimum atomic E-state index is -0.909. The molecule has 1 aliphatic rings. The Kier molecular flexibility index (Phi) is 6.45. The van der Waals surface area contributed by atoms with Gasteiger partial charge in [-0.3, -0.25) is 4.79 Å². The van der Waals surface area contributed by atoms with Crippen molar-refractivity contribution in [2.75, 3.05) is 14.2 Å². The molecular formula is C14H22O6. The Morgan fingerprint density at radius 1 is 1.15 bits per heavy atom. The number of rotatable bonds is 7. The molecule has 0 aromatic heterocycles. The highest BCUT2D eigenvalue weighted by atomic mass is 16.6. The Labute approximate surface area is 118 Å². The van der Waals surface area contributed by atoms with Gasteiger partial charge in [0, 0.05) is 26.6 Å². The number of carbonyl (C=O) groups excluding carboxylic acids is 3. The van der Waals surface area contributed by atoms with Crippen LogP contribution in [0.25, 0.3) is 0 Å². The number of ketones is 1. The molecule has 5 atom stereocenters. The smallest absolute Gasteiger partial charge is 0.149 e. The van der Waals surface area contributed by atoms with Gasteiger partial charge < -0.3 is 23.8 Å². The summed E-state index contributed by atoms with van der Waals surface area (Å²) in [5, 5.41) is 0. The molecule has 0 radical (unpaired) electrons. The first kappa shape index (κ1) is 16.9. The van der Waals surface area contributed by atoms with Gasteiger partial charge in [-0.05, 0) is 0 Å². The first-order valence-electron chi connectivity index (χ1n) is 6.64. The quantitative estimate of drug-likeness (QED) is 0.631. The molecule has 0 spiro atoms. The predicted molar refractivity (Wildman–Crippen MR) is 70.3 cm³/mol. The first-order chi connectivity index (χ1) is 9.49. The maximum Gasteiger partial charge on any atom is 0.149 e. The van der Waals surface area contributed by atoms with E-state index in [1.807, 2.05) is 0 Å². The van der Waals surface area contributed by atoms with Gasteiger partial charge in [-0.25, -0.2) is 0 Å². The van der Waals surface area contributed by atoms with Crippen molar-refractivity contribution >= 4 is 18.4 Å². The van der Waals surface area contributed by atoms with Crippen LogP contribution < -0.4 is 0 Å². The summed E-state index contributed by atoms with van der Waals surface area (Å²) < 4.78 is 16.2. The molecule has 1 fully saturated rings. The highest BCUT2D eigenvalue weighted by Crippen LogP contribution is 2.30. The summed E-state index contributed by atoms with van der Waals surface area (Å²) in [5.74, 6) is -0.843. The first-order valence-corrected chi connectivity index (χ1v) is 6.64. The molecular weight excluding hydrogens is 264 g/mol. The van der Waals surface area contributed by atoms with Gasteiger partial charge in [0.15, 0.2) is 0 Å². The summed E-state index contributed by atoms with van der Waals surface area (Å²) in [7, 11) is 2.91. The van der Waals surface area contributed by atoms with E-state index in [1.54, 1.807) is 13.8 Å². The monoisotopic (exact) mass is 286 g/mol. The molecule has 0 N–H and O–H groups in total. The number of methoxy groups -OCH3 is 2. The van der Waals surface area contributed by atoms with Crippen molar-refractivity contribution in [3.05, 3.63) is 0 Å². The zero-order valence-electron chi connectivity index (χ0n) is 12.3. The lowest BCUT2D eigenvalue weighted by Crippen LogP contribution is -2.57. The van der Waals surface area contributed by atoms with E-state index in [9.17, 15) is 14.4 Å². The normalized spacial score (nSPS) is 34.0. The van der Waals surface area contributed by atoms with E-state index < -0.39 is 30.3 Å². The molecule has 114 valence electrons. The minimum Gasteiger partial charge on any atom is -0.378 e. The standard InChI is InChI=1S/C14H22O6/c1-8(2)10(17)5-11-14(19-4)13(18-3)9(6-15)12(7-16)20-11/h6-9,11-14H,5H2,1-4H3/t9-,11?,12?,13+,14+/m1/s1. The van der Waals surface area contributed by atoms with Crippen LogP contribution in [0, 0.1) is 11.8 Å². The Balaban J connectivity index is 2.96. The molecule has 20 heavy (non-hydrogen) atoms. The summed E-state index contributed by atoms with van der Waals surface area (Å²) in [6, 6.07) is 0. The lowest BCUT2D eigenvalue weighted by atomic mass is 9.85. The Bertz CT molecular complexity index is 354. The third-order valence-corrected chi connectivity index (χ3v) is 3.66. The molecule has 0 bridgehead atoms. The molecule has 1 heterocycles. The topological polar surface area (TPSA) is 78.9 Å². The van der Waals surface area contributed by atoms with Gasteiger partial charge in [0.25, 0.3) is 0 Å². The van der Waals surface area contributed by atoms with Crippen molar-refractivity contribution in [1.29, 1.82) is 0 Å². The second kappa shape index (κ2) is 7.61. The Morgan fingerprint density at radius 2 is 1.75 bits per heavy atom. The van der Waals surface area contributed by atoms with Crippen molar-refractivity contribution in [2.24, 2.45) is 11.8 Å².